The molecular weight excluding hydrogens is 175 g/mol. The van der Waals surface area contributed by atoms with E-state index in [9.17, 15) is 0 Å². The van der Waals surface area contributed by atoms with Crippen LogP contribution in [0.4, 0.5) is 0 Å². The first kappa shape index (κ1) is 5.73. The highest BCUT2D eigenvalue weighted by molar-refractivity contribution is 14.1. The van der Waals surface area contributed by atoms with Gasteiger partial charge in [-0.05, 0) is 6.42 Å². The largest absolute Gasteiger partial charge is 0.0829 e. The van der Waals surface area contributed by atoms with E-state index in [2.05, 4.69) is 36.4 Å². The molecule has 0 aromatic heterocycles. The Kier molecular flexibility index (Phi) is 3.37. The van der Waals surface area contributed by atoms with Gasteiger partial charge in [-0.25, -0.2) is 0 Å². The van der Waals surface area contributed by atoms with E-state index in [1.807, 2.05) is 0 Å². The Bertz CT molecular complexity index is 17.6. The van der Waals surface area contributed by atoms with E-state index in [0.29, 0.717) is 0 Å². The Balaban J connectivity index is 2.54. The van der Waals surface area contributed by atoms with Gasteiger partial charge < -0.3 is 0 Å². The second kappa shape index (κ2) is 2.94. The van der Waals surface area contributed by atoms with Crippen molar-refractivity contribution < 1.29 is 0 Å². The zero-order valence-corrected chi connectivity index (χ0v) is 5.82. The third-order valence-electron chi connectivity index (χ3n) is 0.563. The minimum atomic E-state index is 0.854. The summed E-state index contributed by atoms with van der Waals surface area (Å²) < 4.78 is 0.854. The van der Waals surface area contributed by atoms with Crippen molar-refractivity contribution in [3.05, 3.63) is 0 Å². The minimum Gasteiger partial charge on any atom is -0.0829 e. The highest BCUT2D eigenvalue weighted by atomic mass is 127. The van der Waals surface area contributed by atoms with Crippen LogP contribution in [0.2, 0.25) is 0 Å². The molecule has 0 aromatic carbocycles. The van der Waals surface area contributed by atoms with E-state index < -0.39 is 0 Å². The van der Waals surface area contributed by atoms with Crippen LogP contribution in [0.3, 0.4) is 0 Å². The van der Waals surface area contributed by atoms with Gasteiger partial charge in [-0.2, -0.15) is 0 Å². The zero-order valence-electron chi connectivity index (χ0n) is 3.66. The van der Waals surface area contributed by atoms with Gasteiger partial charge in [0.1, 0.15) is 0 Å². The molecule has 0 aliphatic heterocycles. The average molecular weight is 184 g/mol. The molecule has 0 bridgehead atoms. The molecular formula is C4H9I. The fourth-order valence-corrected chi connectivity index (χ4v) is 0. The van der Waals surface area contributed by atoms with Gasteiger partial charge in [0, 0.05) is 3.92 Å². The molecule has 0 N–H and O–H groups in total. The summed E-state index contributed by atoms with van der Waals surface area (Å²) in [5.74, 6) is 0. The first-order chi connectivity index (χ1) is 2.27. The molecule has 0 fully saturated rings. The zero-order chi connectivity index (χ0) is 4.28. The van der Waals surface area contributed by atoms with Gasteiger partial charge in [-0.3, -0.25) is 0 Å². The van der Waals surface area contributed by atoms with E-state index in [1.165, 1.54) is 6.42 Å². The second-order valence-corrected chi connectivity index (χ2v) is 3.32. The van der Waals surface area contributed by atoms with E-state index >= 15 is 0 Å². The fraction of sp³-hybridized carbons (Fsp3) is 1.00. The number of hydrogen-bond donors (Lipinski definition) is 0. The number of alkyl halides is 1. The van der Waals surface area contributed by atoms with E-state index in [1.54, 1.807) is 0 Å². The Morgan fingerprint density at radius 2 is 2.00 bits per heavy atom. The van der Waals surface area contributed by atoms with Crippen molar-refractivity contribution in [2.45, 2.75) is 24.2 Å². The highest BCUT2D eigenvalue weighted by Crippen LogP contribution is 2.00. The van der Waals surface area contributed by atoms with Crippen LogP contribution in [-0.4, -0.2) is 3.92 Å². The Labute approximate surface area is 47.1 Å². The number of hydrogen-bond acceptors (Lipinski definition) is 0. The van der Waals surface area contributed by atoms with Crippen molar-refractivity contribution in [1.82, 2.24) is 0 Å². The lowest BCUT2D eigenvalue weighted by atomic mass is 10.4. The summed E-state index contributed by atoms with van der Waals surface area (Å²) in [7, 11) is 0. The lowest BCUT2D eigenvalue weighted by molar-refractivity contribution is 0.938. The molecule has 5 heavy (non-hydrogen) atoms. The summed E-state index contributed by atoms with van der Waals surface area (Å²) in [6, 6.07) is 0. The first-order valence-corrected chi connectivity index (χ1v) is 3.16. The maximum atomic E-state index is 2.41. The Hall–Kier alpha value is 0.730. The van der Waals surface area contributed by atoms with Crippen molar-refractivity contribution in [2.75, 3.05) is 0 Å². The third kappa shape index (κ3) is 4.73. The van der Waals surface area contributed by atoms with Crippen molar-refractivity contribution >= 4 is 22.6 Å². The summed E-state index contributed by atoms with van der Waals surface area (Å²) >= 11 is 2.41. The molecule has 1 heteroatoms. The van der Waals surface area contributed by atoms with Crippen molar-refractivity contribution in [2.24, 2.45) is 0 Å². The molecule has 0 spiro atoms. The van der Waals surface area contributed by atoms with Crippen molar-refractivity contribution in [3.8, 4) is 0 Å². The summed E-state index contributed by atoms with van der Waals surface area (Å²) in [6.45, 7) is 4.40. The number of rotatable bonds is 1. The minimum absolute atomic E-state index is 0.854. The van der Waals surface area contributed by atoms with Crippen LogP contribution in [0.1, 0.15) is 20.3 Å². The predicted octanol–water partition coefficient (Wildman–Crippen LogP) is 2.22. The summed E-state index contributed by atoms with van der Waals surface area (Å²) in [4.78, 5) is 0. The molecule has 32 valence electrons. The van der Waals surface area contributed by atoms with Crippen LogP contribution in [0.25, 0.3) is 0 Å². The standard InChI is InChI=1S/C4H9I/c1-3-4(2)5/h4H,3H2,1-2H3/t4-/m1/s1. The third-order valence-corrected chi connectivity index (χ3v) is 1.44. The molecule has 0 radical (unpaired) electrons. The van der Waals surface area contributed by atoms with Gasteiger partial charge in [0.2, 0.25) is 0 Å². The topological polar surface area (TPSA) is 0 Å². The average Bonchev–Trinajstić information content (AvgIpc) is 1.38. The van der Waals surface area contributed by atoms with Crippen molar-refractivity contribution in [1.29, 1.82) is 0 Å². The lowest BCUT2D eigenvalue weighted by Gasteiger charge is -1.88. The highest BCUT2D eigenvalue weighted by Gasteiger charge is 1.82. The molecule has 0 rings (SSSR count). The fourth-order valence-electron chi connectivity index (χ4n) is 0. The van der Waals surface area contributed by atoms with E-state index in [0.717, 1.165) is 3.92 Å². The van der Waals surface area contributed by atoms with E-state index in [-0.39, 0.29) is 0 Å². The molecule has 1 atom stereocenters. The predicted molar refractivity (Wildman–Crippen MR) is 33.8 cm³/mol. The first-order valence-electron chi connectivity index (χ1n) is 1.91. The second-order valence-electron chi connectivity index (χ2n) is 1.19. The van der Waals surface area contributed by atoms with Crippen LogP contribution < -0.4 is 0 Å². The molecule has 0 aliphatic carbocycles. The van der Waals surface area contributed by atoms with Crippen LogP contribution >= 0.6 is 22.6 Å². The van der Waals surface area contributed by atoms with Gasteiger partial charge in [-0.15, -0.1) is 0 Å². The normalized spacial score (nSPS) is 15.0. The monoisotopic (exact) mass is 184 g/mol. The molecule has 0 aliphatic rings. The Morgan fingerprint density at radius 3 is 2.00 bits per heavy atom. The van der Waals surface area contributed by atoms with E-state index in [4.69, 9.17) is 0 Å². The van der Waals surface area contributed by atoms with Gasteiger partial charge in [0.05, 0.1) is 0 Å². The summed E-state index contributed by atoms with van der Waals surface area (Å²) in [6.07, 6.45) is 1.29. The van der Waals surface area contributed by atoms with Crippen molar-refractivity contribution in [3.63, 3.8) is 0 Å². The molecule has 0 saturated heterocycles. The SMILES string of the molecule is CC[C@@H](C)I. The lowest BCUT2D eigenvalue weighted by Crippen LogP contribution is -1.79. The quantitative estimate of drug-likeness (QED) is 0.433. The Morgan fingerprint density at radius 1 is 1.80 bits per heavy atom. The molecule has 0 amide bonds. The maximum Gasteiger partial charge on any atom is 0.00787 e. The van der Waals surface area contributed by atoms with Gasteiger partial charge in [0.25, 0.3) is 0 Å². The molecule has 0 saturated carbocycles. The smallest absolute Gasteiger partial charge is 0.00787 e. The van der Waals surface area contributed by atoms with Gasteiger partial charge >= 0.3 is 0 Å². The molecule has 0 heterocycles. The van der Waals surface area contributed by atoms with Gasteiger partial charge in [0.15, 0.2) is 0 Å². The maximum absolute atomic E-state index is 2.41. The van der Waals surface area contributed by atoms with Crippen LogP contribution in [-0.2, 0) is 0 Å². The van der Waals surface area contributed by atoms with Gasteiger partial charge in [-0.1, -0.05) is 36.4 Å². The van der Waals surface area contributed by atoms with Crippen LogP contribution in [0.15, 0.2) is 0 Å². The molecule has 0 unspecified atom stereocenters. The van der Waals surface area contributed by atoms with Crippen LogP contribution in [0.5, 0.6) is 0 Å². The molecule has 0 aromatic rings. The molecule has 0 nitrogen and oxygen atoms in total. The van der Waals surface area contributed by atoms with Crippen LogP contribution in [0, 0.1) is 0 Å². The summed E-state index contributed by atoms with van der Waals surface area (Å²) in [5, 5.41) is 0. The summed E-state index contributed by atoms with van der Waals surface area (Å²) in [5.41, 5.74) is 0. The number of halogens is 1.